The SMILES string of the molecule is CCCN(CCC)S(=O)(=O)c1ccc(C(=O)N=c2sc3cc(Cl)ccc3n2CC)cc1. The quantitative estimate of drug-likeness (QED) is 0.460. The summed E-state index contributed by atoms with van der Waals surface area (Å²) in [4.78, 5) is 17.8. The third-order valence-corrected chi connectivity index (χ3v) is 8.03. The number of amides is 1. The van der Waals surface area contributed by atoms with E-state index < -0.39 is 15.9 Å². The van der Waals surface area contributed by atoms with Crippen LogP contribution in [-0.2, 0) is 16.6 Å². The second-order valence-corrected chi connectivity index (χ2v) is 10.5. The summed E-state index contributed by atoms with van der Waals surface area (Å²) in [5.74, 6) is -0.414. The lowest BCUT2D eigenvalue weighted by atomic mass is 10.2. The van der Waals surface area contributed by atoms with Crippen molar-refractivity contribution in [2.75, 3.05) is 13.1 Å². The fourth-order valence-electron chi connectivity index (χ4n) is 3.36. The molecular formula is C22H26ClN3O3S2. The predicted molar refractivity (Wildman–Crippen MR) is 126 cm³/mol. The first kappa shape index (κ1) is 23.7. The van der Waals surface area contributed by atoms with E-state index in [2.05, 4.69) is 4.99 Å². The van der Waals surface area contributed by atoms with Crippen molar-refractivity contribution in [1.29, 1.82) is 0 Å². The van der Waals surface area contributed by atoms with Gasteiger partial charge in [0, 0.05) is 30.2 Å². The number of fused-ring (bicyclic) bond motifs is 1. The number of benzene rings is 2. The smallest absolute Gasteiger partial charge is 0.279 e. The minimum absolute atomic E-state index is 0.186. The van der Waals surface area contributed by atoms with Gasteiger partial charge in [0.2, 0.25) is 10.0 Å². The van der Waals surface area contributed by atoms with Crippen LogP contribution in [0.5, 0.6) is 0 Å². The number of aryl methyl sites for hydroxylation is 1. The highest BCUT2D eigenvalue weighted by molar-refractivity contribution is 7.89. The zero-order valence-corrected chi connectivity index (χ0v) is 20.2. The molecule has 0 fully saturated rings. The van der Waals surface area contributed by atoms with Gasteiger partial charge < -0.3 is 4.57 Å². The van der Waals surface area contributed by atoms with Crippen molar-refractivity contribution in [3.05, 3.63) is 57.9 Å². The Balaban J connectivity index is 1.93. The first-order valence-corrected chi connectivity index (χ1v) is 12.9. The molecule has 0 radical (unpaired) electrons. The van der Waals surface area contributed by atoms with Crippen LogP contribution in [0.15, 0.2) is 52.4 Å². The van der Waals surface area contributed by atoms with Gasteiger partial charge in [0.25, 0.3) is 5.91 Å². The number of thiazole rings is 1. The largest absolute Gasteiger partial charge is 0.317 e. The molecule has 0 unspecified atom stereocenters. The molecule has 0 saturated heterocycles. The van der Waals surface area contributed by atoms with Crippen molar-refractivity contribution in [3.8, 4) is 0 Å². The van der Waals surface area contributed by atoms with Gasteiger partial charge in [0.15, 0.2) is 4.80 Å². The van der Waals surface area contributed by atoms with Gasteiger partial charge in [-0.15, -0.1) is 0 Å². The number of rotatable bonds is 8. The van der Waals surface area contributed by atoms with Gasteiger partial charge in [0.1, 0.15) is 0 Å². The zero-order chi connectivity index (χ0) is 22.6. The summed E-state index contributed by atoms with van der Waals surface area (Å²) in [5.41, 5.74) is 1.31. The number of nitrogens with zero attached hydrogens (tertiary/aromatic N) is 3. The summed E-state index contributed by atoms with van der Waals surface area (Å²) < 4.78 is 30.2. The minimum atomic E-state index is -3.58. The maximum absolute atomic E-state index is 12.9. The van der Waals surface area contributed by atoms with Gasteiger partial charge in [-0.2, -0.15) is 9.30 Å². The van der Waals surface area contributed by atoms with Gasteiger partial charge in [-0.1, -0.05) is 36.8 Å². The Hall–Kier alpha value is -2.00. The van der Waals surface area contributed by atoms with Crippen molar-refractivity contribution >= 4 is 49.1 Å². The van der Waals surface area contributed by atoms with Crippen LogP contribution < -0.4 is 4.80 Å². The Bertz CT molecular complexity index is 1240. The second kappa shape index (κ2) is 10.1. The Morgan fingerprint density at radius 1 is 1.06 bits per heavy atom. The molecule has 0 atom stereocenters. The van der Waals surface area contributed by atoms with Crippen molar-refractivity contribution < 1.29 is 13.2 Å². The topological polar surface area (TPSA) is 71.7 Å². The van der Waals surface area contributed by atoms with Gasteiger partial charge >= 0.3 is 0 Å². The highest BCUT2D eigenvalue weighted by atomic mass is 35.5. The number of hydrogen-bond donors (Lipinski definition) is 0. The third kappa shape index (κ3) is 5.09. The van der Waals surface area contributed by atoms with Gasteiger partial charge in [-0.25, -0.2) is 8.42 Å². The number of carbonyl (C=O) groups is 1. The molecule has 0 aliphatic rings. The van der Waals surface area contributed by atoms with E-state index in [1.807, 2.05) is 43.5 Å². The lowest BCUT2D eigenvalue weighted by Crippen LogP contribution is -2.32. The van der Waals surface area contributed by atoms with Gasteiger partial charge in [-0.05, 0) is 62.2 Å². The molecule has 0 saturated carbocycles. The number of halogens is 1. The lowest BCUT2D eigenvalue weighted by Gasteiger charge is -2.21. The molecule has 0 aliphatic heterocycles. The Kier molecular flexibility index (Phi) is 7.69. The number of hydrogen-bond acceptors (Lipinski definition) is 4. The average Bonchev–Trinajstić information content (AvgIpc) is 3.09. The molecule has 6 nitrogen and oxygen atoms in total. The summed E-state index contributed by atoms with van der Waals surface area (Å²) in [7, 11) is -3.58. The van der Waals surface area contributed by atoms with Crippen LogP contribution in [-0.4, -0.2) is 36.3 Å². The predicted octanol–water partition coefficient (Wildman–Crippen LogP) is 4.93. The number of aromatic nitrogens is 1. The van der Waals surface area contributed by atoms with Crippen molar-refractivity contribution in [2.45, 2.75) is 45.1 Å². The van der Waals surface area contributed by atoms with Gasteiger partial charge in [-0.3, -0.25) is 4.79 Å². The molecule has 1 amide bonds. The second-order valence-electron chi connectivity index (χ2n) is 7.09. The monoisotopic (exact) mass is 479 g/mol. The average molecular weight is 480 g/mol. The Labute approximate surface area is 191 Å². The molecular weight excluding hydrogens is 454 g/mol. The van der Waals surface area contributed by atoms with E-state index in [-0.39, 0.29) is 4.90 Å². The summed E-state index contributed by atoms with van der Waals surface area (Å²) >= 11 is 7.48. The molecule has 3 rings (SSSR count). The zero-order valence-electron chi connectivity index (χ0n) is 17.8. The highest BCUT2D eigenvalue weighted by Crippen LogP contribution is 2.22. The number of carbonyl (C=O) groups excluding carboxylic acids is 1. The van der Waals surface area contributed by atoms with Crippen LogP contribution in [0, 0.1) is 0 Å². The van der Waals surface area contributed by atoms with Crippen LogP contribution in [0.1, 0.15) is 44.0 Å². The molecule has 9 heteroatoms. The molecule has 0 N–H and O–H groups in total. The Morgan fingerprint density at radius 2 is 1.71 bits per heavy atom. The number of sulfonamides is 1. The van der Waals surface area contributed by atoms with Crippen LogP contribution in [0.3, 0.4) is 0 Å². The van der Waals surface area contributed by atoms with Crippen LogP contribution >= 0.6 is 22.9 Å². The fourth-order valence-corrected chi connectivity index (χ4v) is 6.35. The lowest BCUT2D eigenvalue weighted by molar-refractivity contribution is 0.0997. The van der Waals surface area contributed by atoms with Crippen molar-refractivity contribution in [2.24, 2.45) is 4.99 Å². The molecule has 166 valence electrons. The molecule has 3 aromatic rings. The fraction of sp³-hybridized carbons (Fsp3) is 0.364. The van der Waals surface area contributed by atoms with Crippen molar-refractivity contribution in [1.82, 2.24) is 8.87 Å². The Morgan fingerprint density at radius 3 is 2.29 bits per heavy atom. The third-order valence-electron chi connectivity index (χ3n) is 4.84. The van der Waals surface area contributed by atoms with E-state index in [0.29, 0.717) is 35.0 Å². The maximum atomic E-state index is 12.9. The summed E-state index contributed by atoms with van der Waals surface area (Å²) in [5, 5.41) is 0.631. The summed E-state index contributed by atoms with van der Waals surface area (Å²) in [6, 6.07) is 11.6. The minimum Gasteiger partial charge on any atom is -0.317 e. The van der Waals surface area contributed by atoms with E-state index in [4.69, 9.17) is 11.6 Å². The first-order chi connectivity index (χ1) is 14.8. The molecule has 1 heterocycles. The molecule has 1 aromatic heterocycles. The highest BCUT2D eigenvalue weighted by Gasteiger charge is 2.23. The normalized spacial score (nSPS) is 12.7. The van der Waals surface area contributed by atoms with E-state index >= 15 is 0 Å². The van der Waals surface area contributed by atoms with E-state index in [0.717, 1.165) is 23.1 Å². The van der Waals surface area contributed by atoms with Crippen LogP contribution in [0.25, 0.3) is 10.2 Å². The standard InChI is InChI=1S/C22H26ClN3O3S2/c1-4-13-25(14-5-2)31(28,29)18-10-7-16(8-11-18)21(27)24-22-26(6-3)19-12-9-17(23)15-20(19)30-22/h7-12,15H,4-6,13-14H2,1-3H3. The van der Waals surface area contributed by atoms with Crippen LogP contribution in [0.4, 0.5) is 0 Å². The molecule has 0 spiro atoms. The van der Waals surface area contributed by atoms with Crippen LogP contribution in [0.2, 0.25) is 5.02 Å². The van der Waals surface area contributed by atoms with E-state index in [9.17, 15) is 13.2 Å². The van der Waals surface area contributed by atoms with Crippen molar-refractivity contribution in [3.63, 3.8) is 0 Å². The summed E-state index contributed by atoms with van der Waals surface area (Å²) in [6.07, 6.45) is 1.49. The maximum Gasteiger partial charge on any atom is 0.279 e. The van der Waals surface area contributed by atoms with E-state index in [1.165, 1.54) is 39.9 Å². The van der Waals surface area contributed by atoms with Gasteiger partial charge in [0.05, 0.1) is 15.1 Å². The molecule has 2 aromatic carbocycles. The molecule has 0 aliphatic carbocycles. The summed E-state index contributed by atoms with van der Waals surface area (Å²) in [6.45, 7) is 7.49. The molecule has 0 bridgehead atoms. The molecule has 31 heavy (non-hydrogen) atoms. The van der Waals surface area contributed by atoms with E-state index in [1.54, 1.807) is 0 Å². The first-order valence-electron chi connectivity index (χ1n) is 10.3.